The Hall–Kier alpha value is -2.59. The van der Waals surface area contributed by atoms with Gasteiger partial charge < -0.3 is 15.6 Å². The lowest BCUT2D eigenvalue weighted by molar-refractivity contribution is -0.136. The summed E-state index contributed by atoms with van der Waals surface area (Å²) >= 11 is 0. The number of methoxy groups -OCH3 is 1. The highest BCUT2D eigenvalue weighted by Crippen LogP contribution is 2.49. The van der Waals surface area contributed by atoms with E-state index < -0.39 is 5.97 Å². The Morgan fingerprint density at radius 2 is 1.90 bits per heavy atom. The minimum atomic E-state index is -0.765. The molecule has 2 aliphatic carbocycles. The zero-order valence-corrected chi connectivity index (χ0v) is 16.9. The SMILES string of the molecule is COC1(C2CCCC2)C=CC(CCC(=O)O)=CC1c1ccc2cc(N)ccc2c1. The summed E-state index contributed by atoms with van der Waals surface area (Å²) in [4.78, 5) is 11.1. The number of nitrogen functional groups attached to an aromatic ring is 1. The van der Waals surface area contributed by atoms with Crippen molar-refractivity contribution in [3.8, 4) is 0 Å². The highest BCUT2D eigenvalue weighted by molar-refractivity contribution is 5.86. The molecule has 4 nitrogen and oxygen atoms in total. The number of carboxylic acids is 1. The number of benzene rings is 2. The van der Waals surface area contributed by atoms with Gasteiger partial charge >= 0.3 is 5.97 Å². The van der Waals surface area contributed by atoms with Crippen molar-refractivity contribution in [1.82, 2.24) is 0 Å². The van der Waals surface area contributed by atoms with Crippen LogP contribution in [0.15, 0.2) is 60.2 Å². The van der Waals surface area contributed by atoms with E-state index in [0.29, 0.717) is 12.3 Å². The second-order valence-electron chi connectivity index (χ2n) is 8.35. The van der Waals surface area contributed by atoms with Crippen molar-refractivity contribution in [2.75, 3.05) is 12.8 Å². The summed E-state index contributed by atoms with van der Waals surface area (Å²) in [6, 6.07) is 12.5. The van der Waals surface area contributed by atoms with E-state index in [0.717, 1.165) is 34.9 Å². The average molecular weight is 392 g/mol. The number of allylic oxidation sites excluding steroid dienone is 2. The fraction of sp³-hybridized carbons (Fsp3) is 0.400. The number of nitrogens with two attached hydrogens (primary N) is 1. The van der Waals surface area contributed by atoms with Crippen LogP contribution in [-0.2, 0) is 9.53 Å². The van der Waals surface area contributed by atoms with Gasteiger partial charge in [0.25, 0.3) is 0 Å². The van der Waals surface area contributed by atoms with Crippen molar-refractivity contribution in [1.29, 1.82) is 0 Å². The van der Waals surface area contributed by atoms with Crippen LogP contribution in [0.4, 0.5) is 5.69 Å². The third-order valence-corrected chi connectivity index (χ3v) is 6.65. The van der Waals surface area contributed by atoms with E-state index in [1.54, 1.807) is 0 Å². The van der Waals surface area contributed by atoms with Gasteiger partial charge in [-0.25, -0.2) is 0 Å². The Morgan fingerprint density at radius 1 is 1.17 bits per heavy atom. The second-order valence-corrected chi connectivity index (χ2v) is 8.35. The van der Waals surface area contributed by atoms with Gasteiger partial charge in [-0.1, -0.05) is 60.9 Å². The molecule has 1 saturated carbocycles. The second kappa shape index (κ2) is 8.03. The van der Waals surface area contributed by atoms with Gasteiger partial charge in [-0.05, 0) is 53.6 Å². The Balaban J connectivity index is 1.77. The number of aliphatic carboxylic acids is 1. The number of ether oxygens (including phenoxy) is 1. The Bertz CT molecular complexity index is 971. The summed E-state index contributed by atoms with van der Waals surface area (Å²) in [6.07, 6.45) is 12.0. The summed E-state index contributed by atoms with van der Waals surface area (Å²) in [5.74, 6) is -0.238. The summed E-state index contributed by atoms with van der Waals surface area (Å²) in [7, 11) is 1.81. The minimum absolute atomic E-state index is 0.0614. The minimum Gasteiger partial charge on any atom is -0.481 e. The van der Waals surface area contributed by atoms with Crippen molar-refractivity contribution < 1.29 is 14.6 Å². The first-order chi connectivity index (χ1) is 14.0. The number of anilines is 1. The lowest BCUT2D eigenvalue weighted by Crippen LogP contribution is -2.43. The molecule has 0 saturated heterocycles. The molecule has 0 radical (unpaired) electrons. The largest absolute Gasteiger partial charge is 0.481 e. The van der Waals surface area contributed by atoms with Crippen LogP contribution < -0.4 is 5.73 Å². The molecule has 2 aromatic rings. The molecule has 4 heteroatoms. The maximum atomic E-state index is 11.1. The van der Waals surface area contributed by atoms with Crippen LogP contribution in [0, 0.1) is 5.92 Å². The Labute approximate surface area is 172 Å². The van der Waals surface area contributed by atoms with Gasteiger partial charge in [0.1, 0.15) is 0 Å². The van der Waals surface area contributed by atoms with Crippen molar-refractivity contribution in [3.63, 3.8) is 0 Å². The first-order valence-corrected chi connectivity index (χ1v) is 10.5. The molecule has 0 spiro atoms. The van der Waals surface area contributed by atoms with Crippen molar-refractivity contribution >= 4 is 22.4 Å². The maximum Gasteiger partial charge on any atom is 0.303 e. The van der Waals surface area contributed by atoms with Crippen molar-refractivity contribution in [3.05, 3.63) is 65.8 Å². The monoisotopic (exact) mass is 391 g/mol. The van der Waals surface area contributed by atoms with Crippen LogP contribution in [-0.4, -0.2) is 23.8 Å². The van der Waals surface area contributed by atoms with Gasteiger partial charge in [0, 0.05) is 25.1 Å². The van der Waals surface area contributed by atoms with Gasteiger partial charge in [0.05, 0.1) is 5.60 Å². The molecule has 29 heavy (non-hydrogen) atoms. The predicted molar refractivity (Wildman–Crippen MR) is 117 cm³/mol. The van der Waals surface area contributed by atoms with Crippen LogP contribution >= 0.6 is 0 Å². The smallest absolute Gasteiger partial charge is 0.303 e. The molecule has 0 aromatic heterocycles. The van der Waals surface area contributed by atoms with E-state index in [1.807, 2.05) is 19.2 Å². The molecule has 4 rings (SSSR count). The zero-order valence-electron chi connectivity index (χ0n) is 16.9. The molecular formula is C25H29NO3. The summed E-state index contributed by atoms with van der Waals surface area (Å²) in [5.41, 5.74) is 8.59. The maximum absolute atomic E-state index is 11.1. The van der Waals surface area contributed by atoms with Crippen LogP contribution in [0.5, 0.6) is 0 Å². The van der Waals surface area contributed by atoms with Crippen molar-refractivity contribution in [2.24, 2.45) is 5.92 Å². The number of carboxylic acid groups (broad SMARTS) is 1. The first kappa shape index (κ1) is 19.7. The van der Waals surface area contributed by atoms with E-state index in [-0.39, 0.29) is 17.9 Å². The van der Waals surface area contributed by atoms with E-state index in [1.165, 1.54) is 18.4 Å². The summed E-state index contributed by atoms with van der Waals surface area (Å²) < 4.78 is 6.27. The Morgan fingerprint density at radius 3 is 2.62 bits per heavy atom. The standard InChI is InChI=1S/C25H29NO3/c1-29-25(21-4-2-3-5-21)13-12-17(6-11-24(27)28)14-23(25)20-8-7-19-16-22(26)10-9-18(19)15-20/h7-10,12-16,21,23H,2-6,11,26H2,1H3,(H,27,28). The molecular weight excluding hydrogens is 362 g/mol. The molecule has 0 amide bonds. The third-order valence-electron chi connectivity index (χ3n) is 6.65. The van der Waals surface area contributed by atoms with Gasteiger partial charge in [-0.2, -0.15) is 0 Å². The summed E-state index contributed by atoms with van der Waals surface area (Å²) in [5, 5.41) is 11.4. The number of rotatable bonds is 6. The number of hydrogen-bond acceptors (Lipinski definition) is 3. The van der Waals surface area contributed by atoms with Gasteiger partial charge in [-0.15, -0.1) is 0 Å². The lowest BCUT2D eigenvalue weighted by atomic mass is 9.69. The molecule has 2 aromatic carbocycles. The molecule has 2 unspecified atom stereocenters. The molecule has 3 N–H and O–H groups in total. The molecule has 2 aliphatic rings. The zero-order chi connectivity index (χ0) is 20.4. The van der Waals surface area contributed by atoms with Crippen LogP contribution in [0.25, 0.3) is 10.8 Å². The third kappa shape index (κ3) is 3.82. The van der Waals surface area contributed by atoms with Gasteiger partial charge in [-0.3, -0.25) is 4.79 Å². The summed E-state index contributed by atoms with van der Waals surface area (Å²) in [6.45, 7) is 0. The quantitative estimate of drug-likeness (QED) is 0.643. The van der Waals surface area contributed by atoms with Gasteiger partial charge in [0.15, 0.2) is 0 Å². The molecule has 0 heterocycles. The number of carbonyl (C=O) groups is 1. The predicted octanol–water partition coefficient (Wildman–Crippen LogP) is 5.44. The highest BCUT2D eigenvalue weighted by Gasteiger charge is 2.46. The molecule has 2 atom stereocenters. The fourth-order valence-corrected chi connectivity index (χ4v) is 5.12. The number of hydrogen-bond donors (Lipinski definition) is 2. The molecule has 1 fully saturated rings. The van der Waals surface area contributed by atoms with E-state index in [2.05, 4.69) is 42.5 Å². The van der Waals surface area contributed by atoms with E-state index in [9.17, 15) is 4.79 Å². The first-order valence-electron chi connectivity index (χ1n) is 10.5. The Kier molecular flexibility index (Phi) is 5.46. The van der Waals surface area contributed by atoms with Gasteiger partial charge in [0.2, 0.25) is 0 Å². The number of fused-ring (bicyclic) bond motifs is 1. The van der Waals surface area contributed by atoms with Crippen LogP contribution in [0.3, 0.4) is 0 Å². The van der Waals surface area contributed by atoms with Crippen LogP contribution in [0.1, 0.15) is 50.0 Å². The van der Waals surface area contributed by atoms with E-state index >= 15 is 0 Å². The van der Waals surface area contributed by atoms with Crippen molar-refractivity contribution in [2.45, 2.75) is 50.0 Å². The molecule has 152 valence electrons. The lowest BCUT2D eigenvalue weighted by Gasteiger charge is -2.43. The molecule has 0 bridgehead atoms. The fourth-order valence-electron chi connectivity index (χ4n) is 5.12. The topological polar surface area (TPSA) is 72.5 Å². The van der Waals surface area contributed by atoms with Crippen LogP contribution in [0.2, 0.25) is 0 Å². The highest BCUT2D eigenvalue weighted by atomic mass is 16.5. The van der Waals surface area contributed by atoms with E-state index in [4.69, 9.17) is 15.6 Å². The normalized spacial score (nSPS) is 24.7. The average Bonchev–Trinajstić information content (AvgIpc) is 3.27. The molecule has 0 aliphatic heterocycles.